The molecular weight excluding hydrogens is 460 g/mol. The Hall–Kier alpha value is -4.11. The number of hydrogen-bond acceptors (Lipinski definition) is 3. The van der Waals surface area contributed by atoms with Gasteiger partial charge in [0.1, 0.15) is 0 Å². The van der Waals surface area contributed by atoms with Crippen LogP contribution in [0.1, 0.15) is 51.9 Å². The molecule has 3 amide bonds. The predicted octanol–water partition coefficient (Wildman–Crippen LogP) is 5.26. The van der Waals surface area contributed by atoms with Gasteiger partial charge in [0.25, 0.3) is 5.91 Å². The zero-order valence-electron chi connectivity index (χ0n) is 21.5. The highest BCUT2D eigenvalue weighted by atomic mass is 16.2. The molecule has 0 atom stereocenters. The standard InChI is InChI=1S/C31H32N4O2/c1-23-8-11-28(24(2)18-23)33-30(37)34-15-12-31(13-16-34)14-17-35(22-31)29(36)27-19-26(20-32-21-27)10-9-25-6-4-3-5-7-25/h3-8,11,18-21H,12-17,22H2,1-2H3,(H,33,37). The molecule has 2 aliphatic rings. The maximum Gasteiger partial charge on any atom is 0.321 e. The van der Waals surface area contributed by atoms with Gasteiger partial charge in [-0.05, 0) is 68.4 Å². The Morgan fingerprint density at radius 2 is 1.57 bits per heavy atom. The molecule has 3 aromatic rings. The van der Waals surface area contributed by atoms with Crippen LogP contribution in [0.2, 0.25) is 0 Å². The topological polar surface area (TPSA) is 65.5 Å². The Morgan fingerprint density at radius 3 is 2.30 bits per heavy atom. The second kappa shape index (κ2) is 10.5. The van der Waals surface area contributed by atoms with Crippen LogP contribution in [-0.4, -0.2) is 52.9 Å². The first-order chi connectivity index (χ1) is 17.9. The number of pyridine rings is 1. The molecule has 6 nitrogen and oxygen atoms in total. The van der Waals surface area contributed by atoms with E-state index in [4.69, 9.17) is 0 Å². The number of aryl methyl sites for hydroxylation is 2. The van der Waals surface area contributed by atoms with Gasteiger partial charge in [-0.1, -0.05) is 47.7 Å². The first-order valence-corrected chi connectivity index (χ1v) is 12.9. The van der Waals surface area contributed by atoms with E-state index in [1.807, 2.05) is 72.2 Å². The quantitative estimate of drug-likeness (QED) is 0.497. The van der Waals surface area contributed by atoms with Gasteiger partial charge < -0.3 is 15.1 Å². The Bertz CT molecular complexity index is 1360. The second-order valence-electron chi connectivity index (χ2n) is 10.3. The number of amides is 3. The molecule has 2 aliphatic heterocycles. The Balaban J connectivity index is 1.18. The van der Waals surface area contributed by atoms with Crippen LogP contribution in [-0.2, 0) is 0 Å². The molecule has 0 unspecified atom stereocenters. The molecule has 0 saturated carbocycles. The minimum atomic E-state index is -0.0489. The lowest BCUT2D eigenvalue weighted by Gasteiger charge is -2.39. The van der Waals surface area contributed by atoms with Crippen LogP contribution in [0, 0.1) is 31.1 Å². The summed E-state index contributed by atoms with van der Waals surface area (Å²) in [5.74, 6) is 6.24. The summed E-state index contributed by atoms with van der Waals surface area (Å²) in [5.41, 5.74) is 5.40. The summed E-state index contributed by atoms with van der Waals surface area (Å²) in [7, 11) is 0. The molecule has 2 saturated heterocycles. The van der Waals surface area contributed by atoms with Crippen LogP contribution in [0.5, 0.6) is 0 Å². The second-order valence-corrected chi connectivity index (χ2v) is 10.3. The Labute approximate surface area is 218 Å². The van der Waals surface area contributed by atoms with E-state index in [1.165, 1.54) is 5.56 Å². The minimum Gasteiger partial charge on any atom is -0.338 e. The molecule has 1 spiro atoms. The number of nitrogens with zero attached hydrogens (tertiary/aromatic N) is 3. The third-order valence-corrected chi connectivity index (χ3v) is 7.57. The van der Waals surface area contributed by atoms with Crippen molar-refractivity contribution in [2.24, 2.45) is 5.41 Å². The normalized spacial score (nSPS) is 16.3. The van der Waals surface area contributed by atoms with Crippen LogP contribution in [0.3, 0.4) is 0 Å². The summed E-state index contributed by atoms with van der Waals surface area (Å²) in [6.07, 6.45) is 6.08. The highest BCUT2D eigenvalue weighted by Crippen LogP contribution is 2.41. The molecule has 2 aromatic carbocycles. The third-order valence-electron chi connectivity index (χ3n) is 7.57. The van der Waals surface area contributed by atoms with E-state index in [1.54, 1.807) is 12.4 Å². The molecule has 5 rings (SSSR count). The lowest BCUT2D eigenvalue weighted by Crippen LogP contribution is -2.46. The van der Waals surface area contributed by atoms with Crippen molar-refractivity contribution in [3.8, 4) is 11.8 Å². The Kier molecular flexibility index (Phi) is 6.96. The summed E-state index contributed by atoms with van der Waals surface area (Å²) >= 11 is 0. The zero-order chi connectivity index (χ0) is 25.8. The molecule has 1 aromatic heterocycles. The molecule has 1 N–H and O–H groups in total. The SMILES string of the molecule is Cc1ccc(NC(=O)N2CCC3(CC2)CCN(C(=O)c2cncc(C#Cc4ccccc4)c2)C3)c(C)c1. The number of anilines is 1. The van der Waals surface area contributed by atoms with Crippen molar-refractivity contribution < 1.29 is 9.59 Å². The number of nitrogens with one attached hydrogen (secondary N) is 1. The van der Waals surface area contributed by atoms with Crippen molar-refractivity contribution >= 4 is 17.6 Å². The molecule has 37 heavy (non-hydrogen) atoms. The molecule has 0 bridgehead atoms. The first-order valence-electron chi connectivity index (χ1n) is 12.9. The van der Waals surface area contributed by atoms with Crippen molar-refractivity contribution in [1.29, 1.82) is 0 Å². The van der Waals surface area contributed by atoms with E-state index in [2.05, 4.69) is 28.2 Å². The van der Waals surface area contributed by atoms with E-state index in [-0.39, 0.29) is 17.4 Å². The maximum absolute atomic E-state index is 13.3. The number of carbonyl (C=O) groups is 2. The van der Waals surface area contributed by atoms with Gasteiger partial charge in [0, 0.05) is 55.4 Å². The molecule has 3 heterocycles. The highest BCUT2D eigenvalue weighted by molar-refractivity contribution is 5.94. The summed E-state index contributed by atoms with van der Waals surface area (Å²) < 4.78 is 0. The number of likely N-dealkylation sites (tertiary alicyclic amines) is 2. The maximum atomic E-state index is 13.3. The molecule has 188 valence electrons. The smallest absolute Gasteiger partial charge is 0.321 e. The summed E-state index contributed by atoms with van der Waals surface area (Å²) in [6, 6.07) is 17.6. The number of piperidine rings is 1. The summed E-state index contributed by atoms with van der Waals surface area (Å²) in [4.78, 5) is 34.3. The van der Waals surface area contributed by atoms with Crippen LogP contribution in [0.15, 0.2) is 67.0 Å². The summed E-state index contributed by atoms with van der Waals surface area (Å²) in [5, 5.41) is 3.07. The fraction of sp³-hybridized carbons (Fsp3) is 0.323. The van der Waals surface area contributed by atoms with E-state index in [0.717, 1.165) is 54.7 Å². The molecule has 0 aliphatic carbocycles. The number of rotatable bonds is 2. The monoisotopic (exact) mass is 492 g/mol. The van der Waals surface area contributed by atoms with Crippen LogP contribution >= 0.6 is 0 Å². The van der Waals surface area contributed by atoms with Gasteiger partial charge in [-0.3, -0.25) is 9.78 Å². The van der Waals surface area contributed by atoms with Gasteiger partial charge in [0.05, 0.1) is 5.56 Å². The molecule has 6 heteroatoms. The lowest BCUT2D eigenvalue weighted by molar-refractivity contribution is 0.0739. The van der Waals surface area contributed by atoms with E-state index < -0.39 is 0 Å². The average Bonchev–Trinajstić information content (AvgIpc) is 3.33. The predicted molar refractivity (Wildman–Crippen MR) is 145 cm³/mol. The van der Waals surface area contributed by atoms with Crippen LogP contribution in [0.4, 0.5) is 10.5 Å². The average molecular weight is 493 g/mol. The van der Waals surface area contributed by atoms with Gasteiger partial charge in [0.2, 0.25) is 0 Å². The molecule has 0 radical (unpaired) electrons. The van der Waals surface area contributed by atoms with Crippen molar-refractivity contribution in [3.63, 3.8) is 0 Å². The highest BCUT2D eigenvalue weighted by Gasteiger charge is 2.43. The van der Waals surface area contributed by atoms with Crippen molar-refractivity contribution in [2.75, 3.05) is 31.5 Å². The van der Waals surface area contributed by atoms with E-state index in [0.29, 0.717) is 18.7 Å². The molecular formula is C31H32N4O2. The lowest BCUT2D eigenvalue weighted by atomic mass is 9.78. The van der Waals surface area contributed by atoms with Crippen LogP contribution < -0.4 is 5.32 Å². The number of carbonyl (C=O) groups excluding carboxylic acids is 2. The fourth-order valence-corrected chi connectivity index (χ4v) is 5.32. The van der Waals surface area contributed by atoms with E-state index >= 15 is 0 Å². The van der Waals surface area contributed by atoms with Crippen LogP contribution in [0.25, 0.3) is 0 Å². The van der Waals surface area contributed by atoms with Gasteiger partial charge in [-0.2, -0.15) is 0 Å². The largest absolute Gasteiger partial charge is 0.338 e. The van der Waals surface area contributed by atoms with Crippen molar-refractivity contribution in [2.45, 2.75) is 33.1 Å². The number of aromatic nitrogens is 1. The number of hydrogen-bond donors (Lipinski definition) is 1. The van der Waals surface area contributed by atoms with Crippen molar-refractivity contribution in [3.05, 3.63) is 94.8 Å². The zero-order valence-corrected chi connectivity index (χ0v) is 21.5. The third kappa shape index (κ3) is 5.67. The van der Waals surface area contributed by atoms with E-state index in [9.17, 15) is 9.59 Å². The van der Waals surface area contributed by atoms with Gasteiger partial charge >= 0.3 is 6.03 Å². The number of benzene rings is 2. The van der Waals surface area contributed by atoms with Gasteiger partial charge in [-0.15, -0.1) is 0 Å². The van der Waals surface area contributed by atoms with Gasteiger partial charge in [0.15, 0.2) is 0 Å². The minimum absolute atomic E-state index is 0.00255. The Morgan fingerprint density at radius 1 is 0.865 bits per heavy atom. The molecule has 2 fully saturated rings. The summed E-state index contributed by atoms with van der Waals surface area (Å²) in [6.45, 7) is 6.91. The first kappa shape index (κ1) is 24.6. The number of urea groups is 1. The van der Waals surface area contributed by atoms with Gasteiger partial charge in [-0.25, -0.2) is 4.79 Å². The fourth-order valence-electron chi connectivity index (χ4n) is 5.32. The van der Waals surface area contributed by atoms with Crippen molar-refractivity contribution in [1.82, 2.24) is 14.8 Å².